The first-order valence-corrected chi connectivity index (χ1v) is 8.23. The lowest BCUT2D eigenvalue weighted by Crippen LogP contribution is -2.49. The molecule has 2 aromatic heterocycles. The van der Waals surface area contributed by atoms with Gasteiger partial charge in [-0.1, -0.05) is 29.3 Å². The standard InChI is InChI=1S/C15H15Cl2N7O2/c1-26-15(5-23-8-18-6-21-23,12-3-2-11(16)4-13(12)17)14(20-10-25)24-9-19-7-22-24/h2-4,6-10,14H,5H2,1H3,(H,20,25). The van der Waals surface area contributed by atoms with Crippen molar-refractivity contribution in [3.63, 3.8) is 0 Å². The van der Waals surface area contributed by atoms with Crippen LogP contribution in [0.5, 0.6) is 0 Å². The van der Waals surface area contributed by atoms with Crippen molar-refractivity contribution in [1.29, 1.82) is 0 Å². The molecule has 0 aliphatic carbocycles. The average Bonchev–Trinajstić information content (AvgIpc) is 3.32. The van der Waals surface area contributed by atoms with Crippen LogP contribution in [0, 0.1) is 0 Å². The zero-order valence-electron chi connectivity index (χ0n) is 13.7. The van der Waals surface area contributed by atoms with E-state index in [2.05, 4.69) is 25.5 Å². The highest BCUT2D eigenvalue weighted by Crippen LogP contribution is 2.40. The van der Waals surface area contributed by atoms with E-state index >= 15 is 0 Å². The molecule has 0 radical (unpaired) electrons. The lowest BCUT2D eigenvalue weighted by molar-refractivity contribution is -0.120. The molecule has 3 rings (SSSR count). The van der Waals surface area contributed by atoms with Gasteiger partial charge in [0, 0.05) is 22.7 Å². The van der Waals surface area contributed by atoms with Crippen molar-refractivity contribution in [1.82, 2.24) is 34.8 Å². The fourth-order valence-corrected chi connectivity index (χ4v) is 3.40. The summed E-state index contributed by atoms with van der Waals surface area (Å²) < 4.78 is 8.98. The number of rotatable bonds is 8. The third-order valence-corrected chi connectivity index (χ3v) is 4.53. The van der Waals surface area contributed by atoms with E-state index in [0.29, 0.717) is 22.0 Å². The average molecular weight is 396 g/mol. The Bertz CT molecular complexity index is 857. The van der Waals surface area contributed by atoms with Gasteiger partial charge in [-0.2, -0.15) is 10.2 Å². The van der Waals surface area contributed by atoms with Gasteiger partial charge < -0.3 is 10.1 Å². The fourth-order valence-electron chi connectivity index (χ4n) is 2.83. The van der Waals surface area contributed by atoms with Gasteiger partial charge in [0.2, 0.25) is 6.41 Å². The predicted molar refractivity (Wildman–Crippen MR) is 93.4 cm³/mol. The van der Waals surface area contributed by atoms with Gasteiger partial charge in [0.25, 0.3) is 0 Å². The highest BCUT2D eigenvalue weighted by molar-refractivity contribution is 6.35. The summed E-state index contributed by atoms with van der Waals surface area (Å²) in [6.07, 6.45) is 5.57. The smallest absolute Gasteiger partial charge is 0.208 e. The van der Waals surface area contributed by atoms with Crippen LogP contribution < -0.4 is 5.32 Å². The van der Waals surface area contributed by atoms with E-state index in [1.165, 1.54) is 37.1 Å². The lowest BCUT2D eigenvalue weighted by Gasteiger charge is -2.39. The molecule has 0 bridgehead atoms. The Balaban J connectivity index is 2.20. The SMILES string of the molecule is COC(Cn1cncn1)(c1ccc(Cl)cc1Cl)C(NC=O)n1cncn1. The van der Waals surface area contributed by atoms with Crippen molar-refractivity contribution in [3.8, 4) is 0 Å². The second-order valence-corrected chi connectivity index (χ2v) is 6.22. The molecule has 2 unspecified atom stereocenters. The van der Waals surface area contributed by atoms with Crippen molar-refractivity contribution in [3.05, 3.63) is 59.1 Å². The number of aromatic nitrogens is 6. The maximum atomic E-state index is 11.3. The molecule has 2 atom stereocenters. The number of methoxy groups -OCH3 is 1. The normalized spacial score (nSPS) is 14.6. The first-order chi connectivity index (χ1) is 12.6. The molecular formula is C15H15Cl2N7O2. The maximum absolute atomic E-state index is 11.3. The Hall–Kier alpha value is -2.49. The molecule has 11 heteroatoms. The highest BCUT2D eigenvalue weighted by atomic mass is 35.5. The molecule has 26 heavy (non-hydrogen) atoms. The summed E-state index contributed by atoms with van der Waals surface area (Å²) >= 11 is 12.5. The summed E-state index contributed by atoms with van der Waals surface area (Å²) in [5.74, 6) is 0. The van der Waals surface area contributed by atoms with Crippen molar-refractivity contribution < 1.29 is 9.53 Å². The van der Waals surface area contributed by atoms with Gasteiger partial charge in [-0.3, -0.25) is 4.79 Å². The van der Waals surface area contributed by atoms with Crippen LogP contribution in [0.2, 0.25) is 10.0 Å². The molecule has 136 valence electrons. The zero-order chi connectivity index (χ0) is 18.6. The quantitative estimate of drug-likeness (QED) is 0.582. The molecule has 9 nitrogen and oxygen atoms in total. The topological polar surface area (TPSA) is 99.8 Å². The van der Waals surface area contributed by atoms with E-state index in [1.54, 1.807) is 22.9 Å². The third kappa shape index (κ3) is 3.41. The number of halogens is 2. The maximum Gasteiger partial charge on any atom is 0.208 e. The Morgan fingerprint density at radius 3 is 2.62 bits per heavy atom. The van der Waals surface area contributed by atoms with E-state index in [0.717, 1.165) is 0 Å². The number of nitrogens with one attached hydrogen (secondary N) is 1. The number of ether oxygens (including phenoxy) is 1. The van der Waals surface area contributed by atoms with Crippen molar-refractivity contribution >= 4 is 29.6 Å². The molecule has 1 N–H and O–H groups in total. The largest absolute Gasteiger partial charge is 0.367 e. The minimum Gasteiger partial charge on any atom is -0.367 e. The minimum atomic E-state index is -1.18. The third-order valence-electron chi connectivity index (χ3n) is 3.98. The van der Waals surface area contributed by atoms with Gasteiger partial charge in [0.05, 0.1) is 6.54 Å². The van der Waals surface area contributed by atoms with Crippen LogP contribution in [0.1, 0.15) is 11.7 Å². The monoisotopic (exact) mass is 395 g/mol. The number of hydrogen-bond acceptors (Lipinski definition) is 6. The summed E-state index contributed by atoms with van der Waals surface area (Å²) in [5, 5.41) is 11.9. The Morgan fingerprint density at radius 1 is 1.27 bits per heavy atom. The second kappa shape index (κ2) is 7.81. The molecule has 1 aromatic carbocycles. The van der Waals surface area contributed by atoms with Crippen LogP contribution in [0.25, 0.3) is 0 Å². The summed E-state index contributed by atoms with van der Waals surface area (Å²) in [7, 11) is 1.51. The Kier molecular flexibility index (Phi) is 5.50. The van der Waals surface area contributed by atoms with Crippen LogP contribution in [-0.4, -0.2) is 43.0 Å². The molecule has 0 saturated heterocycles. The van der Waals surface area contributed by atoms with Crippen molar-refractivity contribution in [2.24, 2.45) is 0 Å². The van der Waals surface area contributed by atoms with Crippen LogP contribution in [0.4, 0.5) is 0 Å². The number of carbonyl (C=O) groups is 1. The van der Waals surface area contributed by atoms with Gasteiger partial charge in [-0.15, -0.1) is 0 Å². The molecule has 0 spiro atoms. The van der Waals surface area contributed by atoms with Crippen LogP contribution in [0.3, 0.4) is 0 Å². The zero-order valence-corrected chi connectivity index (χ0v) is 15.2. The van der Waals surface area contributed by atoms with Crippen LogP contribution >= 0.6 is 23.2 Å². The molecule has 3 aromatic rings. The van der Waals surface area contributed by atoms with Gasteiger partial charge in [-0.25, -0.2) is 19.3 Å². The van der Waals surface area contributed by atoms with Gasteiger partial charge in [-0.05, 0) is 12.1 Å². The molecular weight excluding hydrogens is 381 g/mol. The first-order valence-electron chi connectivity index (χ1n) is 7.47. The number of benzene rings is 1. The number of hydrogen-bond donors (Lipinski definition) is 1. The summed E-state index contributed by atoms with van der Waals surface area (Å²) in [6, 6.07) is 5.03. The number of nitrogens with zero attached hydrogens (tertiary/aromatic N) is 6. The van der Waals surface area contributed by atoms with Crippen molar-refractivity contribution in [2.45, 2.75) is 18.3 Å². The van der Waals surface area contributed by atoms with Crippen LogP contribution in [0.15, 0.2) is 43.5 Å². The number of carbonyl (C=O) groups excluding carboxylic acids is 1. The second-order valence-electron chi connectivity index (χ2n) is 5.37. The summed E-state index contributed by atoms with van der Waals surface area (Å²) in [4.78, 5) is 19.2. The minimum absolute atomic E-state index is 0.191. The van der Waals surface area contributed by atoms with E-state index in [9.17, 15) is 4.79 Å². The van der Waals surface area contributed by atoms with Gasteiger partial charge in [0.15, 0.2) is 11.8 Å². The molecule has 2 heterocycles. The van der Waals surface area contributed by atoms with Gasteiger partial charge in [0.1, 0.15) is 25.3 Å². The summed E-state index contributed by atoms with van der Waals surface area (Å²) in [6.45, 7) is 0.191. The van der Waals surface area contributed by atoms with E-state index < -0.39 is 11.8 Å². The first kappa shape index (κ1) is 18.3. The molecule has 0 aliphatic heterocycles. The number of amides is 1. The molecule has 0 saturated carbocycles. The van der Waals surface area contributed by atoms with E-state index in [4.69, 9.17) is 27.9 Å². The lowest BCUT2D eigenvalue weighted by atomic mass is 9.89. The van der Waals surface area contributed by atoms with Crippen molar-refractivity contribution in [2.75, 3.05) is 7.11 Å². The predicted octanol–water partition coefficient (Wildman–Crippen LogP) is 1.66. The van der Waals surface area contributed by atoms with E-state index in [1.807, 2.05) is 0 Å². The summed E-state index contributed by atoms with van der Waals surface area (Å²) in [5.41, 5.74) is -0.583. The Labute approximate surface area is 158 Å². The Morgan fingerprint density at radius 2 is 2.04 bits per heavy atom. The fraction of sp³-hybridized carbons (Fsp3) is 0.267. The molecule has 0 fully saturated rings. The van der Waals surface area contributed by atoms with E-state index in [-0.39, 0.29) is 6.54 Å². The van der Waals surface area contributed by atoms with Crippen LogP contribution in [-0.2, 0) is 21.7 Å². The highest BCUT2D eigenvalue weighted by Gasteiger charge is 2.45. The van der Waals surface area contributed by atoms with Gasteiger partial charge >= 0.3 is 0 Å². The molecule has 0 aliphatic rings. The molecule has 1 amide bonds.